The molecule has 0 aliphatic carbocycles. The van der Waals surface area contributed by atoms with Crippen LogP contribution in [-0.2, 0) is 13.6 Å². The molecule has 23 heavy (non-hydrogen) atoms. The van der Waals surface area contributed by atoms with Crippen LogP contribution < -0.4 is 10.1 Å². The number of aliphatic imine (C=N–C) groups is 1. The number of rotatable bonds is 6. The highest BCUT2D eigenvalue weighted by atomic mass is 35.5. The Kier molecular flexibility index (Phi) is 6.35. The van der Waals surface area contributed by atoms with E-state index in [1.54, 1.807) is 7.05 Å². The van der Waals surface area contributed by atoms with Gasteiger partial charge in [-0.05, 0) is 36.4 Å². The molecule has 0 saturated heterocycles. The zero-order valence-electron chi connectivity index (χ0n) is 13.8. The summed E-state index contributed by atoms with van der Waals surface area (Å²) in [7, 11) is 5.84. The zero-order chi connectivity index (χ0) is 16.7. The molecule has 0 radical (unpaired) electrons. The molecule has 0 saturated carbocycles. The molecule has 2 aromatic rings. The minimum Gasteiger partial charge on any atom is -0.492 e. The van der Waals surface area contributed by atoms with E-state index in [2.05, 4.69) is 25.8 Å². The van der Waals surface area contributed by atoms with Crippen molar-refractivity contribution in [3.8, 4) is 5.75 Å². The van der Waals surface area contributed by atoms with Crippen LogP contribution >= 0.6 is 11.6 Å². The number of ether oxygens (including phenoxy) is 1. The standard InChI is InChI=1S/C17H23ClN4O/c1-19-17(22(3)13-15-5-4-11-21(15)2)20-10-12-23-16-8-6-14(18)7-9-16/h4-9,11H,10,12-13H2,1-3H3,(H,19,20). The molecule has 0 spiro atoms. The maximum absolute atomic E-state index is 5.85. The summed E-state index contributed by atoms with van der Waals surface area (Å²) in [5, 5.41) is 4.00. The summed E-state index contributed by atoms with van der Waals surface area (Å²) in [6.45, 7) is 2.02. The highest BCUT2D eigenvalue weighted by Gasteiger charge is 2.07. The molecule has 5 nitrogen and oxygen atoms in total. The molecule has 1 aromatic heterocycles. The van der Waals surface area contributed by atoms with Gasteiger partial charge in [0.2, 0.25) is 0 Å². The van der Waals surface area contributed by atoms with Gasteiger partial charge in [0.15, 0.2) is 5.96 Å². The van der Waals surface area contributed by atoms with E-state index >= 15 is 0 Å². The lowest BCUT2D eigenvalue weighted by Crippen LogP contribution is -2.40. The average Bonchev–Trinajstić information content (AvgIpc) is 2.94. The van der Waals surface area contributed by atoms with Gasteiger partial charge >= 0.3 is 0 Å². The average molecular weight is 335 g/mol. The van der Waals surface area contributed by atoms with Crippen LogP contribution in [0, 0.1) is 0 Å². The van der Waals surface area contributed by atoms with Gasteiger partial charge in [-0.2, -0.15) is 0 Å². The topological polar surface area (TPSA) is 41.8 Å². The van der Waals surface area contributed by atoms with Crippen molar-refractivity contribution in [2.75, 3.05) is 27.2 Å². The first-order valence-electron chi connectivity index (χ1n) is 7.50. The molecule has 0 unspecified atom stereocenters. The molecule has 0 aliphatic heterocycles. The van der Waals surface area contributed by atoms with Crippen LogP contribution in [-0.4, -0.2) is 42.7 Å². The van der Waals surface area contributed by atoms with Gasteiger partial charge in [0.1, 0.15) is 12.4 Å². The Morgan fingerprint density at radius 3 is 2.65 bits per heavy atom. The molecule has 6 heteroatoms. The number of benzene rings is 1. The van der Waals surface area contributed by atoms with Crippen LogP contribution in [0.25, 0.3) is 0 Å². The van der Waals surface area contributed by atoms with Gasteiger partial charge in [-0.25, -0.2) is 0 Å². The van der Waals surface area contributed by atoms with Crippen molar-refractivity contribution in [1.29, 1.82) is 0 Å². The zero-order valence-corrected chi connectivity index (χ0v) is 14.5. The third-order valence-corrected chi connectivity index (χ3v) is 3.74. The lowest BCUT2D eigenvalue weighted by Gasteiger charge is -2.22. The Morgan fingerprint density at radius 1 is 1.30 bits per heavy atom. The van der Waals surface area contributed by atoms with Crippen LogP contribution in [0.5, 0.6) is 5.75 Å². The van der Waals surface area contributed by atoms with Crippen LogP contribution in [0.4, 0.5) is 0 Å². The van der Waals surface area contributed by atoms with Gasteiger partial charge in [-0.1, -0.05) is 11.6 Å². The van der Waals surface area contributed by atoms with Crippen molar-refractivity contribution in [3.63, 3.8) is 0 Å². The number of guanidine groups is 1. The van der Waals surface area contributed by atoms with Crippen molar-refractivity contribution in [1.82, 2.24) is 14.8 Å². The van der Waals surface area contributed by atoms with Gasteiger partial charge in [0.05, 0.1) is 13.1 Å². The van der Waals surface area contributed by atoms with E-state index < -0.39 is 0 Å². The third-order valence-electron chi connectivity index (χ3n) is 3.49. The van der Waals surface area contributed by atoms with Gasteiger partial charge in [-0.3, -0.25) is 4.99 Å². The molecule has 1 heterocycles. The molecule has 0 atom stereocenters. The SMILES string of the molecule is CN=C(NCCOc1ccc(Cl)cc1)N(C)Cc1cccn1C. The molecule has 2 rings (SSSR count). The fourth-order valence-electron chi connectivity index (χ4n) is 2.23. The minimum absolute atomic E-state index is 0.554. The Morgan fingerprint density at radius 2 is 2.04 bits per heavy atom. The maximum atomic E-state index is 5.85. The van der Waals surface area contributed by atoms with Crippen LogP contribution in [0.1, 0.15) is 5.69 Å². The number of halogens is 1. The second-order valence-corrected chi connectivity index (χ2v) is 5.68. The molecular formula is C17H23ClN4O. The van der Waals surface area contributed by atoms with Crippen molar-refractivity contribution < 1.29 is 4.74 Å². The monoisotopic (exact) mass is 334 g/mol. The van der Waals surface area contributed by atoms with Gasteiger partial charge in [-0.15, -0.1) is 0 Å². The third kappa shape index (κ3) is 5.21. The molecule has 124 valence electrons. The van der Waals surface area contributed by atoms with Gasteiger partial charge in [0.25, 0.3) is 0 Å². The van der Waals surface area contributed by atoms with E-state index in [0.717, 1.165) is 18.3 Å². The summed E-state index contributed by atoms with van der Waals surface area (Å²) in [4.78, 5) is 6.38. The summed E-state index contributed by atoms with van der Waals surface area (Å²) >= 11 is 5.85. The number of hydrogen-bond acceptors (Lipinski definition) is 2. The first kappa shape index (κ1) is 17.2. The van der Waals surface area contributed by atoms with E-state index in [1.165, 1.54) is 5.69 Å². The molecule has 0 amide bonds. The fourth-order valence-corrected chi connectivity index (χ4v) is 2.35. The van der Waals surface area contributed by atoms with Crippen molar-refractivity contribution in [2.45, 2.75) is 6.54 Å². The predicted octanol–water partition coefficient (Wildman–Crippen LogP) is 2.76. The number of aryl methyl sites for hydroxylation is 1. The lowest BCUT2D eigenvalue weighted by molar-refractivity contribution is 0.319. The highest BCUT2D eigenvalue weighted by Crippen LogP contribution is 2.15. The van der Waals surface area contributed by atoms with E-state index in [4.69, 9.17) is 16.3 Å². The van der Waals surface area contributed by atoms with Crippen molar-refractivity contribution in [2.24, 2.45) is 12.0 Å². The Hall–Kier alpha value is -2.14. The van der Waals surface area contributed by atoms with Crippen LogP contribution in [0.3, 0.4) is 0 Å². The summed E-state index contributed by atoms with van der Waals surface area (Å²) in [5.41, 5.74) is 1.23. The van der Waals surface area contributed by atoms with E-state index in [1.807, 2.05) is 50.6 Å². The second kappa shape index (κ2) is 8.48. The number of aromatic nitrogens is 1. The molecular weight excluding hydrogens is 312 g/mol. The fraction of sp³-hybridized carbons (Fsp3) is 0.353. The smallest absolute Gasteiger partial charge is 0.193 e. The van der Waals surface area contributed by atoms with Gasteiger partial charge in [0, 0.05) is 38.1 Å². The largest absolute Gasteiger partial charge is 0.492 e. The summed E-state index contributed by atoms with van der Waals surface area (Å²) in [5.74, 6) is 1.65. The van der Waals surface area contributed by atoms with Crippen molar-refractivity contribution in [3.05, 3.63) is 53.3 Å². The Bertz CT molecular complexity index is 636. The number of nitrogens with one attached hydrogen (secondary N) is 1. The van der Waals surface area contributed by atoms with E-state index in [9.17, 15) is 0 Å². The van der Waals surface area contributed by atoms with E-state index in [-0.39, 0.29) is 0 Å². The first-order chi connectivity index (χ1) is 11.1. The normalized spacial score (nSPS) is 11.4. The summed E-state index contributed by atoms with van der Waals surface area (Å²) in [6.07, 6.45) is 2.04. The molecule has 1 aromatic carbocycles. The molecule has 1 N–H and O–H groups in total. The number of hydrogen-bond donors (Lipinski definition) is 1. The summed E-state index contributed by atoms with van der Waals surface area (Å²) < 4.78 is 7.77. The minimum atomic E-state index is 0.554. The molecule has 0 bridgehead atoms. The number of nitrogens with zero attached hydrogens (tertiary/aromatic N) is 3. The molecule has 0 fully saturated rings. The molecule has 0 aliphatic rings. The van der Waals surface area contributed by atoms with Crippen LogP contribution in [0.2, 0.25) is 5.02 Å². The Balaban J connectivity index is 1.76. The Labute approximate surface area is 142 Å². The first-order valence-corrected chi connectivity index (χ1v) is 7.88. The quantitative estimate of drug-likeness (QED) is 0.502. The highest BCUT2D eigenvalue weighted by molar-refractivity contribution is 6.30. The van der Waals surface area contributed by atoms with Crippen molar-refractivity contribution >= 4 is 17.6 Å². The van der Waals surface area contributed by atoms with Crippen LogP contribution in [0.15, 0.2) is 47.6 Å². The van der Waals surface area contributed by atoms with Gasteiger partial charge < -0.3 is 19.5 Å². The summed E-state index contributed by atoms with van der Waals surface area (Å²) in [6, 6.07) is 11.5. The maximum Gasteiger partial charge on any atom is 0.193 e. The second-order valence-electron chi connectivity index (χ2n) is 5.24. The lowest BCUT2D eigenvalue weighted by atomic mass is 10.3. The van der Waals surface area contributed by atoms with E-state index in [0.29, 0.717) is 18.2 Å². The predicted molar refractivity (Wildman–Crippen MR) is 95.2 cm³/mol.